The van der Waals surface area contributed by atoms with E-state index in [1.807, 2.05) is 6.08 Å². The summed E-state index contributed by atoms with van der Waals surface area (Å²) >= 11 is 0. The third-order valence-corrected chi connectivity index (χ3v) is 14.0. The molecule has 0 amide bonds. The Bertz CT molecular complexity index is 3840. The van der Waals surface area contributed by atoms with Crippen molar-refractivity contribution in [3.63, 3.8) is 0 Å². The third-order valence-electron chi connectivity index (χ3n) is 14.0. The van der Waals surface area contributed by atoms with Gasteiger partial charge in [0.1, 0.15) is 11.2 Å². The summed E-state index contributed by atoms with van der Waals surface area (Å²) in [5, 5.41) is 7.02. The molecular weight excluding hydrogens is 787 g/mol. The van der Waals surface area contributed by atoms with Crippen LogP contribution in [0.1, 0.15) is 22.3 Å². The fourth-order valence-electron chi connectivity index (χ4n) is 11.2. The Kier molecular flexibility index (Phi) is 8.16. The van der Waals surface area contributed by atoms with E-state index in [-0.39, 0.29) is 0 Å². The summed E-state index contributed by atoms with van der Waals surface area (Å²) in [5.74, 6) is 0. The first-order chi connectivity index (χ1) is 32.1. The van der Waals surface area contributed by atoms with Gasteiger partial charge in [0.05, 0.1) is 16.8 Å². The zero-order chi connectivity index (χ0) is 43.2. The van der Waals surface area contributed by atoms with Gasteiger partial charge in [-0.25, -0.2) is 0 Å². The first kappa shape index (κ1) is 37.1. The van der Waals surface area contributed by atoms with Gasteiger partial charge in [0.2, 0.25) is 0 Å². The Hall–Kier alpha value is -8.46. The quantitative estimate of drug-likeness (QED) is 0.166. The van der Waals surface area contributed by atoms with Crippen LogP contribution >= 0.6 is 0 Å². The van der Waals surface area contributed by atoms with Crippen LogP contribution in [-0.4, -0.2) is 0 Å². The number of hydrogen-bond acceptors (Lipinski definition) is 2. The summed E-state index contributed by atoms with van der Waals surface area (Å²) in [6.07, 6.45) is 4.02. The predicted molar refractivity (Wildman–Crippen MR) is 273 cm³/mol. The van der Waals surface area contributed by atoms with E-state index in [0.717, 1.165) is 66.8 Å². The second kappa shape index (κ2) is 14.3. The molecule has 1 atom stereocenters. The maximum Gasteiger partial charge on any atom is 0.136 e. The van der Waals surface area contributed by atoms with Gasteiger partial charge in [-0.05, 0) is 126 Å². The van der Waals surface area contributed by atoms with E-state index in [1.54, 1.807) is 0 Å². The zero-order valence-corrected chi connectivity index (χ0v) is 35.6. The molecule has 0 saturated carbocycles. The van der Waals surface area contributed by atoms with E-state index in [4.69, 9.17) is 11.0 Å². The lowest BCUT2D eigenvalue weighted by atomic mass is 9.71. The number of allylic oxidation sites excluding steroid dienone is 4. The predicted octanol–water partition coefficient (Wildman–Crippen LogP) is 17.2. The molecule has 0 aliphatic heterocycles. The highest BCUT2D eigenvalue weighted by atomic mass is 16.3. The maximum atomic E-state index is 6.51. The van der Waals surface area contributed by atoms with Crippen molar-refractivity contribution < 1.29 is 4.42 Å². The molecule has 2 aliphatic rings. The lowest BCUT2D eigenvalue weighted by Crippen LogP contribution is -2.25. The Morgan fingerprint density at radius 3 is 1.88 bits per heavy atom. The maximum absolute atomic E-state index is 6.51. The molecule has 304 valence electrons. The SMILES string of the molecule is C=C/C=C1\C(=C)C2(c3ccccc31)c1ccccc1-c1c(N(c3cccc(-c4cccc5ccccc45)c3)c3ccccc3-c3ccc4oc5cc6ccccc6cc5c4c3)cccc12. The summed E-state index contributed by atoms with van der Waals surface area (Å²) in [6, 6.07) is 77.4. The summed E-state index contributed by atoms with van der Waals surface area (Å²) in [5.41, 5.74) is 18.5. The standard InChI is InChI=1S/C63H41NO/c1-3-17-47-40(2)63(55-29-11-8-26-51(47)55)56-30-12-9-27-52(56)62-57(63)31-16-33-59(62)64(46-23-14-22-44(36-46)49-28-15-21-41-18-6-7-24-48(41)49)58-32-13-10-25-50(58)45-34-35-60-53(38-45)54-37-42-19-4-5-20-43(42)39-61(54)65-60/h3-39H,1-2H2/b47-17+. The van der Waals surface area contributed by atoms with Crippen molar-refractivity contribution >= 4 is 66.1 Å². The number of para-hydroxylation sites is 1. The summed E-state index contributed by atoms with van der Waals surface area (Å²) < 4.78 is 6.51. The lowest BCUT2D eigenvalue weighted by Gasteiger charge is -2.32. The zero-order valence-electron chi connectivity index (χ0n) is 35.6. The number of furan rings is 1. The van der Waals surface area contributed by atoms with Crippen molar-refractivity contribution in [2.75, 3.05) is 4.90 Å². The van der Waals surface area contributed by atoms with Gasteiger partial charge in [-0.15, -0.1) is 0 Å². The molecule has 2 heteroatoms. The van der Waals surface area contributed by atoms with Crippen LogP contribution in [0.25, 0.3) is 82.4 Å². The molecule has 1 unspecified atom stereocenters. The Labute approximate surface area is 378 Å². The normalized spacial score (nSPS) is 15.6. The second-order valence-corrected chi connectivity index (χ2v) is 17.3. The molecule has 0 fully saturated rings. The minimum absolute atomic E-state index is 0.582. The van der Waals surface area contributed by atoms with Crippen LogP contribution < -0.4 is 4.90 Å². The first-order valence-electron chi connectivity index (χ1n) is 22.3. The summed E-state index contributed by atoms with van der Waals surface area (Å²) in [6.45, 7) is 9.07. The number of benzene rings is 10. The molecule has 13 rings (SSSR count). The van der Waals surface area contributed by atoms with Crippen LogP contribution in [0.5, 0.6) is 0 Å². The van der Waals surface area contributed by atoms with Gasteiger partial charge in [0.15, 0.2) is 0 Å². The van der Waals surface area contributed by atoms with Gasteiger partial charge in [0, 0.05) is 27.6 Å². The molecule has 11 aromatic rings. The van der Waals surface area contributed by atoms with E-state index < -0.39 is 5.41 Å². The Morgan fingerprint density at radius 2 is 1.03 bits per heavy atom. The van der Waals surface area contributed by atoms with Crippen molar-refractivity contribution in [2.24, 2.45) is 0 Å². The lowest BCUT2D eigenvalue weighted by molar-refractivity contribution is 0.669. The molecule has 1 spiro atoms. The van der Waals surface area contributed by atoms with E-state index in [9.17, 15) is 0 Å². The largest absolute Gasteiger partial charge is 0.456 e. The third kappa shape index (κ3) is 5.35. The van der Waals surface area contributed by atoms with Crippen LogP contribution in [-0.2, 0) is 5.41 Å². The van der Waals surface area contributed by atoms with Crippen LogP contribution in [0.15, 0.2) is 248 Å². The average Bonchev–Trinajstić information content (AvgIpc) is 3.96. The first-order valence-corrected chi connectivity index (χ1v) is 22.3. The Morgan fingerprint density at radius 1 is 0.431 bits per heavy atom. The van der Waals surface area contributed by atoms with E-state index >= 15 is 0 Å². The van der Waals surface area contributed by atoms with E-state index in [0.29, 0.717) is 0 Å². The van der Waals surface area contributed by atoms with Gasteiger partial charge in [-0.2, -0.15) is 0 Å². The summed E-state index contributed by atoms with van der Waals surface area (Å²) in [7, 11) is 0. The minimum Gasteiger partial charge on any atom is -0.456 e. The van der Waals surface area contributed by atoms with Gasteiger partial charge in [-0.3, -0.25) is 0 Å². The molecule has 0 bridgehead atoms. The molecule has 10 aromatic carbocycles. The van der Waals surface area contributed by atoms with E-state index in [1.165, 1.54) is 60.5 Å². The van der Waals surface area contributed by atoms with Gasteiger partial charge >= 0.3 is 0 Å². The van der Waals surface area contributed by atoms with Crippen molar-refractivity contribution in [1.29, 1.82) is 0 Å². The molecule has 2 aliphatic carbocycles. The minimum atomic E-state index is -0.582. The highest BCUT2D eigenvalue weighted by Crippen LogP contribution is 2.65. The number of fused-ring (bicyclic) bond motifs is 12. The molecule has 1 aromatic heterocycles. The smallest absolute Gasteiger partial charge is 0.136 e. The molecule has 0 N–H and O–H groups in total. The van der Waals surface area contributed by atoms with Gasteiger partial charge in [-0.1, -0.05) is 189 Å². The average molecular weight is 828 g/mol. The Balaban J connectivity index is 1.08. The number of nitrogens with zero attached hydrogens (tertiary/aromatic N) is 1. The topological polar surface area (TPSA) is 16.4 Å². The van der Waals surface area contributed by atoms with Crippen LogP contribution in [0, 0.1) is 0 Å². The van der Waals surface area contributed by atoms with Gasteiger partial charge in [0.25, 0.3) is 0 Å². The number of anilines is 3. The van der Waals surface area contributed by atoms with Gasteiger partial charge < -0.3 is 9.32 Å². The molecule has 65 heavy (non-hydrogen) atoms. The number of rotatable bonds is 6. The fraction of sp³-hybridized carbons (Fsp3) is 0.0159. The number of hydrogen-bond donors (Lipinski definition) is 0. The van der Waals surface area contributed by atoms with Crippen molar-refractivity contribution in [3.8, 4) is 33.4 Å². The molecule has 1 heterocycles. The van der Waals surface area contributed by atoms with Crippen LogP contribution in [0.3, 0.4) is 0 Å². The van der Waals surface area contributed by atoms with Crippen molar-refractivity contribution in [3.05, 3.63) is 265 Å². The molecular formula is C63H41NO. The molecule has 2 nitrogen and oxygen atoms in total. The van der Waals surface area contributed by atoms with Crippen molar-refractivity contribution in [2.45, 2.75) is 5.41 Å². The van der Waals surface area contributed by atoms with E-state index in [2.05, 4.69) is 230 Å². The monoisotopic (exact) mass is 827 g/mol. The van der Waals surface area contributed by atoms with Crippen LogP contribution in [0.4, 0.5) is 17.1 Å². The molecule has 0 radical (unpaired) electrons. The van der Waals surface area contributed by atoms with Crippen LogP contribution in [0.2, 0.25) is 0 Å². The molecule has 0 saturated heterocycles. The van der Waals surface area contributed by atoms with Crippen molar-refractivity contribution in [1.82, 2.24) is 0 Å². The fourth-order valence-corrected chi connectivity index (χ4v) is 11.2. The highest BCUT2D eigenvalue weighted by molar-refractivity contribution is 6.12. The summed E-state index contributed by atoms with van der Waals surface area (Å²) in [4.78, 5) is 2.49. The second-order valence-electron chi connectivity index (χ2n) is 17.3. The highest BCUT2D eigenvalue weighted by Gasteiger charge is 2.53.